The number of carbonyl (C=O) groups is 1. The van der Waals surface area contributed by atoms with Crippen molar-refractivity contribution in [3.63, 3.8) is 0 Å². The van der Waals surface area contributed by atoms with Crippen molar-refractivity contribution in [3.05, 3.63) is 76.8 Å². The van der Waals surface area contributed by atoms with E-state index < -0.39 is 28.8 Å². The van der Waals surface area contributed by atoms with Crippen molar-refractivity contribution >= 4 is 45.0 Å². The van der Waals surface area contributed by atoms with Gasteiger partial charge in [-0.15, -0.1) is 0 Å². The van der Waals surface area contributed by atoms with E-state index in [9.17, 15) is 18.3 Å². The van der Waals surface area contributed by atoms with E-state index in [2.05, 4.69) is 4.98 Å². The number of aliphatic hydroxyl groups excluding tert-OH is 1. The first kappa shape index (κ1) is 29.8. The fraction of sp³-hybridized carbons (Fsp3) is 0.385. The zero-order valence-electron chi connectivity index (χ0n) is 21.5. The van der Waals surface area contributed by atoms with Crippen LogP contribution >= 0.6 is 23.2 Å². The van der Waals surface area contributed by atoms with E-state index in [0.717, 1.165) is 4.31 Å². The quantitative estimate of drug-likeness (QED) is 0.314. The van der Waals surface area contributed by atoms with E-state index in [1.807, 2.05) is 24.6 Å². The molecule has 38 heavy (non-hydrogen) atoms. The van der Waals surface area contributed by atoms with Crippen LogP contribution in [0.15, 0.2) is 66.1 Å². The lowest BCUT2D eigenvalue weighted by Crippen LogP contribution is -2.44. The number of hydrogen-bond donors (Lipinski definition) is 1. The molecule has 0 aliphatic carbocycles. The molecule has 1 amide bonds. The number of anilines is 1. The lowest BCUT2D eigenvalue weighted by atomic mass is 10.1. The summed E-state index contributed by atoms with van der Waals surface area (Å²) >= 11 is 12.2. The summed E-state index contributed by atoms with van der Waals surface area (Å²) in [5, 5.41) is 10.6. The van der Waals surface area contributed by atoms with Crippen molar-refractivity contribution < 1.29 is 23.1 Å². The highest BCUT2D eigenvalue weighted by atomic mass is 35.5. The average molecular weight is 584 g/mol. The van der Waals surface area contributed by atoms with Crippen LogP contribution in [-0.2, 0) is 27.9 Å². The summed E-state index contributed by atoms with van der Waals surface area (Å²) in [6, 6.07) is 9.39. The van der Waals surface area contributed by atoms with Crippen molar-refractivity contribution in [1.82, 2.24) is 14.5 Å². The van der Waals surface area contributed by atoms with E-state index in [1.54, 1.807) is 36.5 Å². The third-order valence-corrected chi connectivity index (χ3v) is 8.34. The Labute approximate surface area is 233 Å². The Kier molecular flexibility index (Phi) is 10.4. The molecule has 1 atom stereocenters. The SMILES string of the molecule is CC(C)N(CCCn1ccnc1)C(=O)OC[C@@H](C)N(c1cc(Cl)ccc1CO)S(=O)(=O)c1ccc(Cl)cc1. The largest absolute Gasteiger partial charge is 0.447 e. The average Bonchev–Trinajstić information content (AvgIpc) is 3.39. The summed E-state index contributed by atoms with van der Waals surface area (Å²) in [6.45, 7) is 5.91. The summed E-state index contributed by atoms with van der Waals surface area (Å²) in [5.41, 5.74) is 0.549. The molecule has 3 aromatic rings. The van der Waals surface area contributed by atoms with Gasteiger partial charge in [-0.2, -0.15) is 0 Å². The molecule has 1 heterocycles. The second kappa shape index (κ2) is 13.3. The minimum Gasteiger partial charge on any atom is -0.447 e. The molecule has 9 nitrogen and oxygen atoms in total. The first-order valence-corrected chi connectivity index (χ1v) is 14.3. The van der Waals surface area contributed by atoms with Gasteiger partial charge in [0.1, 0.15) is 6.61 Å². The minimum absolute atomic E-state index is 0.00718. The lowest BCUT2D eigenvalue weighted by Gasteiger charge is -2.33. The zero-order chi connectivity index (χ0) is 27.9. The Morgan fingerprint density at radius 3 is 2.39 bits per heavy atom. The van der Waals surface area contributed by atoms with Gasteiger partial charge < -0.3 is 19.3 Å². The maximum atomic E-state index is 13.8. The van der Waals surface area contributed by atoms with Crippen LogP contribution in [0, 0.1) is 0 Å². The predicted molar refractivity (Wildman–Crippen MR) is 148 cm³/mol. The van der Waals surface area contributed by atoms with Gasteiger partial charge in [-0.05, 0) is 63.6 Å². The Hall–Kier alpha value is -2.79. The lowest BCUT2D eigenvalue weighted by molar-refractivity contribution is 0.0873. The maximum absolute atomic E-state index is 13.8. The standard InChI is InChI=1S/C26H32Cl2N4O5S/c1-19(2)31(13-4-12-30-14-11-29-18-30)26(34)37-17-20(3)32(25-15-23(28)6-5-21(25)16-33)38(35,36)24-9-7-22(27)8-10-24/h5-11,14-15,18-20,33H,4,12-13,16-17H2,1-3H3/t20-/m1/s1. The Balaban J connectivity index is 1.83. The number of aliphatic hydroxyl groups is 1. The van der Waals surface area contributed by atoms with Gasteiger partial charge in [0.05, 0.1) is 29.6 Å². The van der Waals surface area contributed by atoms with Gasteiger partial charge in [-0.3, -0.25) is 4.31 Å². The number of nitrogens with zero attached hydrogens (tertiary/aromatic N) is 4. The molecule has 3 rings (SSSR count). The van der Waals surface area contributed by atoms with E-state index in [-0.39, 0.29) is 23.2 Å². The number of carbonyl (C=O) groups excluding carboxylic acids is 1. The van der Waals surface area contributed by atoms with E-state index in [0.29, 0.717) is 35.1 Å². The van der Waals surface area contributed by atoms with Crippen molar-refractivity contribution in [2.24, 2.45) is 0 Å². The van der Waals surface area contributed by atoms with Crippen LogP contribution in [0.3, 0.4) is 0 Å². The molecule has 0 spiro atoms. The molecule has 1 aromatic heterocycles. The third-order valence-electron chi connectivity index (χ3n) is 5.91. The van der Waals surface area contributed by atoms with Gasteiger partial charge in [-0.1, -0.05) is 29.3 Å². The van der Waals surface area contributed by atoms with Gasteiger partial charge in [0.15, 0.2) is 0 Å². The number of halogens is 2. The molecule has 0 saturated carbocycles. The molecule has 0 aliphatic rings. The highest BCUT2D eigenvalue weighted by Crippen LogP contribution is 2.32. The number of aryl methyl sites for hydroxylation is 1. The van der Waals surface area contributed by atoms with E-state index >= 15 is 0 Å². The highest BCUT2D eigenvalue weighted by Gasteiger charge is 2.32. The van der Waals surface area contributed by atoms with Crippen molar-refractivity contribution in [1.29, 1.82) is 0 Å². The smallest absolute Gasteiger partial charge is 0.410 e. The summed E-state index contributed by atoms with van der Waals surface area (Å²) < 4.78 is 36.3. The van der Waals surface area contributed by atoms with Crippen molar-refractivity contribution in [3.8, 4) is 0 Å². The Morgan fingerprint density at radius 2 is 1.79 bits per heavy atom. The summed E-state index contributed by atoms with van der Waals surface area (Å²) in [7, 11) is -4.15. The number of sulfonamides is 1. The second-order valence-corrected chi connectivity index (χ2v) is 11.7. The van der Waals surface area contributed by atoms with Gasteiger partial charge in [0.2, 0.25) is 0 Å². The number of imidazole rings is 1. The number of ether oxygens (including phenoxy) is 1. The van der Waals surface area contributed by atoms with Crippen LogP contribution in [0.5, 0.6) is 0 Å². The molecule has 0 saturated heterocycles. The monoisotopic (exact) mass is 582 g/mol. The number of benzene rings is 2. The molecule has 1 N–H and O–H groups in total. The molecular formula is C26H32Cl2N4O5S. The minimum atomic E-state index is -4.15. The molecule has 2 aromatic carbocycles. The first-order chi connectivity index (χ1) is 18.0. The van der Waals surface area contributed by atoms with Gasteiger partial charge >= 0.3 is 6.09 Å². The molecule has 0 unspecified atom stereocenters. The second-order valence-electron chi connectivity index (χ2n) is 9.05. The number of aromatic nitrogens is 2. The summed E-state index contributed by atoms with van der Waals surface area (Å²) in [6.07, 6.45) is 5.41. The molecule has 206 valence electrons. The maximum Gasteiger partial charge on any atom is 0.410 e. The summed E-state index contributed by atoms with van der Waals surface area (Å²) in [5.74, 6) is 0. The number of hydrogen-bond acceptors (Lipinski definition) is 6. The van der Waals surface area contributed by atoms with Gasteiger partial charge in [0.25, 0.3) is 10.0 Å². The first-order valence-electron chi connectivity index (χ1n) is 12.1. The molecular weight excluding hydrogens is 551 g/mol. The molecule has 0 bridgehead atoms. The normalized spacial score (nSPS) is 12.4. The topological polar surface area (TPSA) is 105 Å². The van der Waals surface area contributed by atoms with E-state index in [4.69, 9.17) is 27.9 Å². The highest BCUT2D eigenvalue weighted by molar-refractivity contribution is 7.92. The molecule has 12 heteroatoms. The number of rotatable bonds is 12. The molecule has 0 radical (unpaired) electrons. The van der Waals surface area contributed by atoms with Crippen LogP contribution in [0.25, 0.3) is 0 Å². The Bertz CT molecular complexity index is 1300. The van der Waals surface area contributed by atoms with Crippen LogP contribution in [-0.4, -0.2) is 59.3 Å². The molecule has 0 aliphatic heterocycles. The zero-order valence-corrected chi connectivity index (χ0v) is 23.8. The fourth-order valence-corrected chi connectivity index (χ4v) is 5.91. The van der Waals surface area contributed by atoms with Gasteiger partial charge in [-0.25, -0.2) is 18.2 Å². The molecule has 0 fully saturated rings. The van der Waals surface area contributed by atoms with E-state index in [1.165, 1.54) is 30.3 Å². The summed E-state index contributed by atoms with van der Waals surface area (Å²) in [4.78, 5) is 18.6. The third kappa shape index (κ3) is 7.41. The van der Waals surface area contributed by atoms with Crippen molar-refractivity contribution in [2.45, 2.75) is 57.3 Å². The van der Waals surface area contributed by atoms with Crippen molar-refractivity contribution in [2.75, 3.05) is 17.5 Å². The van der Waals surface area contributed by atoms with Crippen LogP contribution < -0.4 is 4.31 Å². The van der Waals surface area contributed by atoms with Crippen LogP contribution in [0.2, 0.25) is 10.0 Å². The van der Waals surface area contributed by atoms with Crippen LogP contribution in [0.1, 0.15) is 32.8 Å². The predicted octanol–water partition coefficient (Wildman–Crippen LogP) is 5.20. The van der Waals surface area contributed by atoms with Gasteiger partial charge in [0, 0.05) is 47.1 Å². The van der Waals surface area contributed by atoms with Crippen LogP contribution in [0.4, 0.5) is 10.5 Å². The number of amides is 1. The fourth-order valence-electron chi connectivity index (χ4n) is 3.95. The Morgan fingerprint density at radius 1 is 1.11 bits per heavy atom.